The summed E-state index contributed by atoms with van der Waals surface area (Å²) < 4.78 is 6.00. The van der Waals surface area contributed by atoms with Crippen molar-refractivity contribution in [3.05, 3.63) is 64.7 Å². The lowest BCUT2D eigenvalue weighted by Gasteiger charge is -2.20. The average Bonchev–Trinajstić information content (AvgIpc) is 2.75. The molecule has 2 N–H and O–H groups in total. The van der Waals surface area contributed by atoms with Crippen LogP contribution in [0.5, 0.6) is 5.75 Å². The molecule has 1 atom stereocenters. The molecule has 0 spiro atoms. The minimum Gasteiger partial charge on any atom is -0.487 e. The number of amides is 1. The zero-order valence-corrected chi connectivity index (χ0v) is 18.9. The Balaban J connectivity index is 1.82. The summed E-state index contributed by atoms with van der Waals surface area (Å²) in [6.45, 7) is 3.37. The highest BCUT2D eigenvalue weighted by Gasteiger charge is 2.12. The Kier molecular flexibility index (Phi) is 9.48. The quantitative estimate of drug-likeness (QED) is 0.471. The van der Waals surface area contributed by atoms with Gasteiger partial charge in [-0.2, -0.15) is 0 Å². The van der Waals surface area contributed by atoms with E-state index in [2.05, 4.69) is 22.5 Å². The number of hydrogen-bond acceptors (Lipinski definition) is 3. The summed E-state index contributed by atoms with van der Waals surface area (Å²) in [5.41, 5.74) is 1.79. The van der Waals surface area contributed by atoms with Gasteiger partial charge < -0.3 is 20.3 Å². The van der Waals surface area contributed by atoms with Crippen molar-refractivity contribution in [2.24, 2.45) is 4.99 Å². The third-order valence-corrected chi connectivity index (χ3v) is 4.90. The van der Waals surface area contributed by atoms with Gasteiger partial charge in [-0.3, -0.25) is 9.79 Å². The fraction of sp³-hybridized carbons (Fsp3) is 0.391. The number of hydrogen-bond donors (Lipinski definition) is 2. The van der Waals surface area contributed by atoms with E-state index >= 15 is 0 Å². The first-order valence-corrected chi connectivity index (χ1v) is 10.5. The van der Waals surface area contributed by atoms with Crippen molar-refractivity contribution in [1.29, 1.82) is 0 Å². The number of carbonyl (C=O) groups is 1. The molecule has 2 aromatic rings. The number of ether oxygens (including phenoxy) is 1. The SMILES string of the molecule is CCC(CNC(=NC)NCCc1cccc(C(=O)N(C)C)c1)Oc1ccccc1Cl. The van der Waals surface area contributed by atoms with E-state index in [0.29, 0.717) is 35.4 Å². The molecule has 0 radical (unpaired) electrons. The smallest absolute Gasteiger partial charge is 0.253 e. The molecule has 162 valence electrons. The number of aliphatic imine (C=N–C) groups is 1. The van der Waals surface area contributed by atoms with Crippen molar-refractivity contribution in [3.8, 4) is 5.75 Å². The van der Waals surface area contributed by atoms with E-state index in [1.807, 2.05) is 48.5 Å². The van der Waals surface area contributed by atoms with E-state index in [-0.39, 0.29) is 12.0 Å². The van der Waals surface area contributed by atoms with E-state index in [1.165, 1.54) is 0 Å². The molecule has 2 aromatic carbocycles. The van der Waals surface area contributed by atoms with Crippen LogP contribution in [-0.4, -0.2) is 57.1 Å². The van der Waals surface area contributed by atoms with E-state index < -0.39 is 0 Å². The molecule has 0 saturated carbocycles. The maximum Gasteiger partial charge on any atom is 0.253 e. The Bertz CT molecular complexity index is 855. The van der Waals surface area contributed by atoms with E-state index in [1.54, 1.807) is 26.0 Å². The van der Waals surface area contributed by atoms with Crippen molar-refractivity contribution in [2.75, 3.05) is 34.2 Å². The Morgan fingerprint density at radius 3 is 2.60 bits per heavy atom. The summed E-state index contributed by atoms with van der Waals surface area (Å²) in [5.74, 6) is 1.39. The lowest BCUT2D eigenvalue weighted by molar-refractivity contribution is 0.0827. The van der Waals surface area contributed by atoms with Gasteiger partial charge in [0.25, 0.3) is 5.91 Å². The molecule has 0 bridgehead atoms. The molecular weight excluding hydrogens is 400 g/mol. The summed E-state index contributed by atoms with van der Waals surface area (Å²) in [4.78, 5) is 18.0. The maximum absolute atomic E-state index is 12.1. The summed E-state index contributed by atoms with van der Waals surface area (Å²) >= 11 is 6.18. The number of benzene rings is 2. The number of carbonyl (C=O) groups excluding carboxylic acids is 1. The van der Waals surface area contributed by atoms with Crippen LogP contribution in [0.2, 0.25) is 5.02 Å². The molecule has 0 aliphatic carbocycles. The molecule has 0 saturated heterocycles. The van der Waals surface area contributed by atoms with Gasteiger partial charge in [-0.1, -0.05) is 42.8 Å². The third-order valence-electron chi connectivity index (χ3n) is 4.59. The van der Waals surface area contributed by atoms with Gasteiger partial charge in [0, 0.05) is 33.3 Å². The first-order valence-electron chi connectivity index (χ1n) is 10.1. The van der Waals surface area contributed by atoms with Gasteiger partial charge >= 0.3 is 0 Å². The van der Waals surface area contributed by atoms with Gasteiger partial charge in [-0.25, -0.2) is 0 Å². The molecule has 0 heterocycles. The van der Waals surface area contributed by atoms with Crippen LogP contribution in [0.1, 0.15) is 29.3 Å². The summed E-state index contributed by atoms with van der Waals surface area (Å²) in [6, 6.07) is 15.2. The highest BCUT2D eigenvalue weighted by molar-refractivity contribution is 6.32. The first kappa shape index (κ1) is 23.5. The molecule has 1 amide bonds. The number of halogens is 1. The van der Waals surface area contributed by atoms with Crippen LogP contribution >= 0.6 is 11.6 Å². The van der Waals surface area contributed by atoms with Crippen LogP contribution in [0.3, 0.4) is 0 Å². The number of para-hydroxylation sites is 1. The Labute approximate surface area is 184 Å². The lowest BCUT2D eigenvalue weighted by atomic mass is 10.1. The number of nitrogens with zero attached hydrogens (tertiary/aromatic N) is 2. The molecule has 2 rings (SSSR count). The van der Waals surface area contributed by atoms with Crippen LogP contribution in [0.25, 0.3) is 0 Å². The molecule has 30 heavy (non-hydrogen) atoms. The molecule has 0 aromatic heterocycles. The largest absolute Gasteiger partial charge is 0.487 e. The molecule has 0 aliphatic rings. The zero-order valence-electron chi connectivity index (χ0n) is 18.1. The number of rotatable bonds is 9. The van der Waals surface area contributed by atoms with Crippen molar-refractivity contribution in [2.45, 2.75) is 25.9 Å². The van der Waals surface area contributed by atoms with Crippen LogP contribution in [-0.2, 0) is 6.42 Å². The Morgan fingerprint density at radius 2 is 1.93 bits per heavy atom. The predicted octanol–water partition coefficient (Wildman–Crippen LogP) is 3.61. The van der Waals surface area contributed by atoms with Gasteiger partial charge in [-0.15, -0.1) is 0 Å². The highest BCUT2D eigenvalue weighted by atomic mass is 35.5. The van der Waals surface area contributed by atoms with Crippen molar-refractivity contribution >= 4 is 23.5 Å². The number of guanidine groups is 1. The molecular formula is C23H31ClN4O2. The van der Waals surface area contributed by atoms with Crippen molar-refractivity contribution < 1.29 is 9.53 Å². The maximum atomic E-state index is 12.1. The van der Waals surface area contributed by atoms with Gasteiger partial charge in [0.2, 0.25) is 0 Å². The van der Waals surface area contributed by atoms with Gasteiger partial charge in [0.05, 0.1) is 11.6 Å². The van der Waals surface area contributed by atoms with Crippen LogP contribution in [0.15, 0.2) is 53.5 Å². The fourth-order valence-electron chi connectivity index (χ4n) is 2.86. The summed E-state index contributed by atoms with van der Waals surface area (Å²) in [6.07, 6.45) is 1.59. The molecule has 6 nitrogen and oxygen atoms in total. The molecule has 0 fully saturated rings. The summed E-state index contributed by atoms with van der Waals surface area (Å²) in [7, 11) is 5.25. The Hall–Kier alpha value is -2.73. The Morgan fingerprint density at radius 1 is 1.17 bits per heavy atom. The molecule has 7 heteroatoms. The second-order valence-electron chi connectivity index (χ2n) is 7.11. The first-order chi connectivity index (χ1) is 14.4. The second-order valence-corrected chi connectivity index (χ2v) is 7.52. The minimum absolute atomic E-state index is 0.00594. The normalized spacial score (nSPS) is 12.2. The fourth-order valence-corrected chi connectivity index (χ4v) is 3.04. The standard InChI is InChI=1S/C23H31ClN4O2/c1-5-19(30-21-12-7-6-11-20(21)24)16-27-23(25-2)26-14-13-17-9-8-10-18(15-17)22(29)28(3)4/h6-12,15,19H,5,13-14,16H2,1-4H3,(H2,25,26,27). The second kappa shape index (κ2) is 12.1. The van der Waals surface area contributed by atoms with Gasteiger partial charge in [0.1, 0.15) is 11.9 Å². The van der Waals surface area contributed by atoms with Gasteiger partial charge in [0.15, 0.2) is 5.96 Å². The van der Waals surface area contributed by atoms with Crippen molar-refractivity contribution in [1.82, 2.24) is 15.5 Å². The van der Waals surface area contributed by atoms with Crippen LogP contribution in [0.4, 0.5) is 0 Å². The van der Waals surface area contributed by atoms with E-state index in [9.17, 15) is 4.79 Å². The van der Waals surface area contributed by atoms with E-state index in [0.717, 1.165) is 18.4 Å². The minimum atomic E-state index is -0.0304. The monoisotopic (exact) mass is 430 g/mol. The van der Waals surface area contributed by atoms with Crippen LogP contribution in [0, 0.1) is 0 Å². The zero-order chi connectivity index (χ0) is 21.9. The molecule has 1 unspecified atom stereocenters. The third kappa shape index (κ3) is 7.26. The van der Waals surface area contributed by atoms with Gasteiger partial charge in [-0.05, 0) is 42.7 Å². The predicted molar refractivity (Wildman–Crippen MR) is 124 cm³/mol. The molecule has 0 aliphatic heterocycles. The highest BCUT2D eigenvalue weighted by Crippen LogP contribution is 2.24. The van der Waals surface area contributed by atoms with Crippen molar-refractivity contribution in [3.63, 3.8) is 0 Å². The lowest BCUT2D eigenvalue weighted by Crippen LogP contribution is -2.43. The van der Waals surface area contributed by atoms with Crippen LogP contribution < -0.4 is 15.4 Å². The average molecular weight is 431 g/mol. The van der Waals surface area contributed by atoms with E-state index in [4.69, 9.17) is 16.3 Å². The topological polar surface area (TPSA) is 66.0 Å². The number of nitrogens with one attached hydrogen (secondary N) is 2. The summed E-state index contributed by atoms with van der Waals surface area (Å²) in [5, 5.41) is 7.21.